The SMILES string of the molecule is CC(C)C[C@H](NC(=O)[C@@H](N)[C@@H](C)O)C(=O)N[C@H](C(=O)N[C@@H](Cc1ccc(O)cc1)C(=O)N[C@@H](Cc1cnc[nH]1)C(=O)N[C@H](C(=O)N[C@H](C(=O)NCC(=O)N[C@H](C(=O)O)C(C)C)C(C)C)C(C)C)C(C)C. The second-order valence-electron chi connectivity index (χ2n) is 19.3. The van der Waals surface area contributed by atoms with E-state index in [0.717, 1.165) is 0 Å². The molecule has 0 radical (unpaired) electrons. The van der Waals surface area contributed by atoms with Crippen molar-refractivity contribution in [1.82, 2.24) is 52.5 Å². The fourth-order valence-electron chi connectivity index (χ4n) is 7.00. The van der Waals surface area contributed by atoms with Gasteiger partial charge in [-0.2, -0.15) is 0 Å². The first-order valence-electron chi connectivity index (χ1n) is 23.4. The minimum absolute atomic E-state index is 0.0608. The van der Waals surface area contributed by atoms with E-state index in [4.69, 9.17) is 5.73 Å². The van der Waals surface area contributed by atoms with E-state index in [1.165, 1.54) is 43.7 Å². The summed E-state index contributed by atoms with van der Waals surface area (Å²) in [4.78, 5) is 128. The predicted molar refractivity (Wildman–Crippen MR) is 257 cm³/mol. The molecule has 1 aromatic heterocycles. The summed E-state index contributed by atoms with van der Waals surface area (Å²) in [7, 11) is 0. The lowest BCUT2D eigenvalue weighted by atomic mass is 9.98. The zero-order valence-corrected chi connectivity index (χ0v) is 41.9. The number of aliphatic hydroxyl groups is 1. The van der Waals surface area contributed by atoms with Crippen LogP contribution in [0.4, 0.5) is 0 Å². The quantitative estimate of drug-likeness (QED) is 0.0480. The van der Waals surface area contributed by atoms with Crippen molar-refractivity contribution in [1.29, 1.82) is 0 Å². The van der Waals surface area contributed by atoms with E-state index in [2.05, 4.69) is 52.5 Å². The minimum Gasteiger partial charge on any atom is -0.508 e. The van der Waals surface area contributed by atoms with Crippen LogP contribution in [0.1, 0.15) is 93.8 Å². The zero-order chi connectivity index (χ0) is 53.2. The maximum atomic E-state index is 14.4. The normalized spacial score (nSPS) is 15.3. The molecule has 23 nitrogen and oxygen atoms in total. The van der Waals surface area contributed by atoms with Crippen molar-refractivity contribution in [3.8, 4) is 5.75 Å². The lowest BCUT2D eigenvalue weighted by molar-refractivity contribution is -0.143. The monoisotopic (exact) mass is 986 g/mol. The highest BCUT2D eigenvalue weighted by atomic mass is 16.4. The fraction of sp³-hybridized carbons (Fsp3) is 0.617. The molecule has 1 heterocycles. The molecule has 0 fully saturated rings. The first kappa shape index (κ1) is 59.5. The lowest BCUT2D eigenvalue weighted by Gasteiger charge is -2.30. The number of imidazole rings is 1. The molecule has 0 aliphatic carbocycles. The maximum Gasteiger partial charge on any atom is 0.326 e. The molecule has 1 aromatic carbocycles. The molecule has 0 unspecified atom stereocenters. The fourth-order valence-corrected chi connectivity index (χ4v) is 7.00. The number of benzene rings is 1. The molecule has 0 saturated carbocycles. The van der Waals surface area contributed by atoms with Crippen molar-refractivity contribution in [2.45, 2.75) is 150 Å². The van der Waals surface area contributed by atoms with Gasteiger partial charge in [-0.15, -0.1) is 0 Å². The summed E-state index contributed by atoms with van der Waals surface area (Å²) < 4.78 is 0. The first-order valence-corrected chi connectivity index (χ1v) is 23.4. The number of carbonyl (C=O) groups is 9. The van der Waals surface area contributed by atoms with E-state index in [-0.39, 0.29) is 30.9 Å². The Kier molecular flexibility index (Phi) is 23.9. The number of carbonyl (C=O) groups excluding carboxylic acids is 8. The molecule has 0 saturated heterocycles. The van der Waals surface area contributed by atoms with Gasteiger partial charge in [0.25, 0.3) is 0 Å². The average Bonchev–Trinajstić information content (AvgIpc) is 3.79. The van der Waals surface area contributed by atoms with Crippen molar-refractivity contribution in [3.63, 3.8) is 0 Å². The largest absolute Gasteiger partial charge is 0.508 e. The Balaban J connectivity index is 2.42. The van der Waals surface area contributed by atoms with E-state index in [1.807, 2.05) is 13.8 Å². The number of rotatable bonds is 28. The third kappa shape index (κ3) is 19.4. The topological polar surface area (TPSA) is 365 Å². The molecule has 390 valence electrons. The van der Waals surface area contributed by atoms with Crippen LogP contribution in [-0.2, 0) is 56.0 Å². The molecule has 0 aliphatic rings. The summed E-state index contributed by atoms with van der Waals surface area (Å²) in [5.41, 5.74) is 6.72. The third-order valence-corrected chi connectivity index (χ3v) is 11.2. The second-order valence-corrected chi connectivity index (χ2v) is 19.3. The smallest absolute Gasteiger partial charge is 0.326 e. The number of hydrogen-bond acceptors (Lipinski definition) is 13. The number of aromatic hydroxyl groups is 1. The van der Waals surface area contributed by atoms with Crippen LogP contribution in [0.2, 0.25) is 0 Å². The summed E-state index contributed by atoms with van der Waals surface area (Å²) in [6.45, 7) is 17.5. The molecule has 2 rings (SSSR count). The summed E-state index contributed by atoms with van der Waals surface area (Å²) in [5, 5.41) is 50.0. The molecule has 2 aromatic rings. The van der Waals surface area contributed by atoms with Gasteiger partial charge in [0.15, 0.2) is 0 Å². The number of hydrogen-bond donors (Lipinski definition) is 13. The van der Waals surface area contributed by atoms with Gasteiger partial charge in [-0.3, -0.25) is 38.4 Å². The molecule has 0 aliphatic heterocycles. The Bertz CT molecular complexity index is 2080. The summed E-state index contributed by atoms with van der Waals surface area (Å²) in [5.74, 6) is -9.70. The molecule has 9 atom stereocenters. The Morgan fingerprint density at radius 3 is 1.49 bits per heavy atom. The number of carboxylic acid groups (broad SMARTS) is 1. The van der Waals surface area contributed by atoms with Gasteiger partial charge in [-0.05, 0) is 60.6 Å². The van der Waals surface area contributed by atoms with E-state index < -0.39 is 138 Å². The van der Waals surface area contributed by atoms with E-state index in [9.17, 15) is 58.5 Å². The number of nitrogens with two attached hydrogens (primary N) is 1. The number of aromatic amines is 1. The van der Waals surface area contributed by atoms with E-state index in [1.54, 1.807) is 55.4 Å². The minimum atomic E-state index is -1.40. The van der Waals surface area contributed by atoms with E-state index >= 15 is 0 Å². The lowest BCUT2D eigenvalue weighted by Crippen LogP contribution is -2.62. The number of nitrogens with zero attached hydrogens (tertiary/aromatic N) is 1. The van der Waals surface area contributed by atoms with Crippen molar-refractivity contribution in [3.05, 3.63) is 48.0 Å². The molecule has 8 amide bonds. The van der Waals surface area contributed by atoms with Crippen LogP contribution in [0, 0.1) is 29.6 Å². The van der Waals surface area contributed by atoms with Gasteiger partial charge in [-0.25, -0.2) is 9.78 Å². The van der Waals surface area contributed by atoms with Crippen LogP contribution < -0.4 is 48.3 Å². The molecule has 14 N–H and O–H groups in total. The number of aliphatic hydroxyl groups excluding tert-OH is 1. The highest BCUT2D eigenvalue weighted by Gasteiger charge is 2.36. The molecule has 70 heavy (non-hydrogen) atoms. The number of phenols is 1. The number of aromatic nitrogens is 2. The Morgan fingerprint density at radius 2 is 1.01 bits per heavy atom. The average molecular weight is 986 g/mol. The third-order valence-electron chi connectivity index (χ3n) is 11.2. The van der Waals surface area contributed by atoms with Crippen LogP contribution in [0.15, 0.2) is 36.8 Å². The van der Waals surface area contributed by atoms with Crippen molar-refractivity contribution < 1.29 is 58.5 Å². The molecular weight excluding hydrogens is 911 g/mol. The van der Waals surface area contributed by atoms with Crippen LogP contribution in [0.3, 0.4) is 0 Å². The molecular formula is C47H75N11O12. The number of carboxylic acids is 1. The number of nitrogens with one attached hydrogen (secondary N) is 9. The van der Waals surface area contributed by atoms with Crippen LogP contribution in [0.5, 0.6) is 5.75 Å². The Morgan fingerprint density at radius 1 is 0.571 bits per heavy atom. The molecule has 0 spiro atoms. The molecule has 23 heteroatoms. The van der Waals surface area contributed by atoms with Crippen LogP contribution in [-0.4, -0.2) is 139 Å². The zero-order valence-electron chi connectivity index (χ0n) is 41.9. The maximum absolute atomic E-state index is 14.4. The highest BCUT2D eigenvalue weighted by Crippen LogP contribution is 2.15. The summed E-state index contributed by atoms with van der Waals surface area (Å²) in [6.07, 6.45) is 1.40. The Hall–Kier alpha value is -6.62. The number of phenolic OH excluding ortho intramolecular Hbond substituents is 1. The van der Waals surface area contributed by atoms with Gasteiger partial charge in [0.05, 0.1) is 19.0 Å². The van der Waals surface area contributed by atoms with Gasteiger partial charge >= 0.3 is 5.97 Å². The number of aliphatic carboxylic acids is 1. The highest BCUT2D eigenvalue weighted by molar-refractivity contribution is 5.98. The van der Waals surface area contributed by atoms with Crippen molar-refractivity contribution in [2.24, 2.45) is 35.3 Å². The van der Waals surface area contributed by atoms with Gasteiger partial charge in [0, 0.05) is 24.7 Å². The number of H-pyrrole nitrogens is 1. The Labute approximate surface area is 408 Å². The van der Waals surface area contributed by atoms with E-state index in [0.29, 0.717) is 11.3 Å². The van der Waals surface area contributed by atoms with Gasteiger partial charge in [0.2, 0.25) is 47.3 Å². The first-order chi connectivity index (χ1) is 32.6. The van der Waals surface area contributed by atoms with Gasteiger partial charge in [0.1, 0.15) is 54.1 Å². The van der Waals surface area contributed by atoms with Gasteiger partial charge < -0.3 is 68.6 Å². The van der Waals surface area contributed by atoms with Gasteiger partial charge in [-0.1, -0.05) is 81.4 Å². The van der Waals surface area contributed by atoms with Crippen LogP contribution >= 0.6 is 0 Å². The summed E-state index contributed by atoms with van der Waals surface area (Å²) >= 11 is 0. The van der Waals surface area contributed by atoms with Crippen molar-refractivity contribution >= 4 is 53.2 Å². The second kappa shape index (κ2) is 28.1. The summed E-state index contributed by atoms with van der Waals surface area (Å²) in [6, 6.07) is -4.36. The predicted octanol–water partition coefficient (Wildman–Crippen LogP) is -1.13. The number of amides is 8. The van der Waals surface area contributed by atoms with Crippen molar-refractivity contribution in [2.75, 3.05) is 6.54 Å². The molecule has 0 bridgehead atoms. The standard InChI is InChI=1S/C47H75N11O12/c1-22(2)16-31(53-43(65)35(48)27(11)59)41(63)56-37(24(5)6)45(67)54-32(17-28-12-14-30(60)15-13-28)40(62)52-33(18-29-19-49-21-51-29)42(64)57-38(25(7)8)46(68)58-36(23(3)4)44(66)50-20-34(61)55-39(26(9)10)47(69)70/h12-15,19,21-27,31-33,35-39,59-60H,16-18,20,48H2,1-11H3,(H,49,51)(H,50,66)(H,52,62)(H,53,65)(H,54,67)(H,55,61)(H,56,63)(H,57,64)(H,58,68)(H,69,70)/t27-,31+,32+,33+,35+,36+,37+,38+,39+/m1/s1. The van der Waals surface area contributed by atoms with Crippen LogP contribution in [0.25, 0.3) is 0 Å².